The van der Waals surface area contributed by atoms with E-state index in [1.165, 1.54) is 31.2 Å². The average Bonchev–Trinajstić information content (AvgIpc) is 2.92. The summed E-state index contributed by atoms with van der Waals surface area (Å²) in [5, 5.41) is 0. The summed E-state index contributed by atoms with van der Waals surface area (Å²) in [6.45, 7) is 2.87. The van der Waals surface area contributed by atoms with Gasteiger partial charge in [-0.2, -0.15) is 0 Å². The van der Waals surface area contributed by atoms with E-state index < -0.39 is 0 Å². The molecule has 110 valence electrons. The van der Waals surface area contributed by atoms with Gasteiger partial charge in [0.05, 0.1) is 12.8 Å². The number of hydrogen-bond acceptors (Lipinski definition) is 3. The van der Waals surface area contributed by atoms with Crippen molar-refractivity contribution in [3.8, 4) is 0 Å². The molecular weight excluding hydrogens is 248 g/mol. The van der Waals surface area contributed by atoms with Crippen molar-refractivity contribution in [3.05, 3.63) is 35.9 Å². The predicted octanol–water partition coefficient (Wildman–Crippen LogP) is 2.72. The maximum atomic E-state index is 6.07. The number of nitrogens with zero attached hydrogens (tertiary/aromatic N) is 1. The molecule has 1 aromatic carbocycles. The SMILES string of the molecule is NC1CCN(COC2CCC(c3ccccc3)CC2)C1. The summed E-state index contributed by atoms with van der Waals surface area (Å²) in [4.78, 5) is 2.34. The van der Waals surface area contributed by atoms with E-state index >= 15 is 0 Å². The van der Waals surface area contributed by atoms with E-state index in [-0.39, 0.29) is 0 Å². The molecule has 1 saturated heterocycles. The standard InChI is InChI=1S/C17H26N2O/c18-16-10-11-19(12-16)13-20-17-8-6-15(7-9-17)14-4-2-1-3-5-14/h1-5,15-17H,6-13,18H2. The Morgan fingerprint density at radius 1 is 1.05 bits per heavy atom. The Morgan fingerprint density at radius 2 is 1.80 bits per heavy atom. The first-order chi connectivity index (χ1) is 9.81. The van der Waals surface area contributed by atoms with Crippen LogP contribution in [0.4, 0.5) is 0 Å². The van der Waals surface area contributed by atoms with Gasteiger partial charge in [0.25, 0.3) is 0 Å². The fraction of sp³-hybridized carbons (Fsp3) is 0.647. The third-order valence-electron chi connectivity index (χ3n) is 4.75. The first-order valence-corrected chi connectivity index (χ1v) is 7.96. The van der Waals surface area contributed by atoms with Crippen molar-refractivity contribution in [2.45, 2.75) is 50.2 Å². The van der Waals surface area contributed by atoms with Crippen molar-refractivity contribution in [1.82, 2.24) is 4.90 Å². The first-order valence-electron chi connectivity index (χ1n) is 7.96. The lowest BCUT2D eigenvalue weighted by atomic mass is 9.83. The maximum absolute atomic E-state index is 6.07. The number of nitrogens with two attached hydrogens (primary N) is 1. The normalized spacial score (nSPS) is 31.6. The second kappa shape index (κ2) is 6.70. The Hall–Kier alpha value is -0.900. The Kier molecular flexibility index (Phi) is 4.71. The summed E-state index contributed by atoms with van der Waals surface area (Å²) in [6, 6.07) is 11.3. The Balaban J connectivity index is 1.40. The van der Waals surface area contributed by atoms with E-state index in [1.54, 1.807) is 0 Å². The molecule has 3 heteroatoms. The molecule has 0 bridgehead atoms. The highest BCUT2D eigenvalue weighted by molar-refractivity contribution is 5.19. The monoisotopic (exact) mass is 274 g/mol. The van der Waals surface area contributed by atoms with Crippen LogP contribution in [0.1, 0.15) is 43.6 Å². The Labute approximate surface area is 122 Å². The molecule has 1 aliphatic heterocycles. The Morgan fingerprint density at radius 3 is 2.45 bits per heavy atom. The van der Waals surface area contributed by atoms with Gasteiger partial charge in [-0.25, -0.2) is 0 Å². The van der Waals surface area contributed by atoms with E-state index in [2.05, 4.69) is 35.2 Å². The molecule has 1 heterocycles. The van der Waals surface area contributed by atoms with Gasteiger partial charge in [-0.15, -0.1) is 0 Å². The van der Waals surface area contributed by atoms with Crippen molar-refractivity contribution in [2.75, 3.05) is 19.8 Å². The smallest absolute Gasteiger partial charge is 0.0994 e. The number of rotatable bonds is 4. The van der Waals surface area contributed by atoms with Gasteiger partial charge < -0.3 is 10.5 Å². The van der Waals surface area contributed by atoms with E-state index in [0.29, 0.717) is 12.1 Å². The molecule has 1 aliphatic carbocycles. The second-order valence-corrected chi connectivity index (χ2v) is 6.31. The number of ether oxygens (including phenoxy) is 1. The van der Waals surface area contributed by atoms with E-state index in [9.17, 15) is 0 Å². The molecule has 0 spiro atoms. The minimum Gasteiger partial charge on any atom is -0.363 e. The van der Waals surface area contributed by atoms with E-state index in [1.807, 2.05) is 0 Å². The largest absolute Gasteiger partial charge is 0.363 e. The van der Waals surface area contributed by atoms with Crippen molar-refractivity contribution in [1.29, 1.82) is 0 Å². The zero-order valence-electron chi connectivity index (χ0n) is 12.2. The molecule has 3 rings (SSSR count). The molecule has 3 nitrogen and oxygen atoms in total. The van der Waals surface area contributed by atoms with Crippen molar-refractivity contribution in [2.24, 2.45) is 5.73 Å². The van der Waals surface area contributed by atoms with Crippen LogP contribution in [0.25, 0.3) is 0 Å². The quantitative estimate of drug-likeness (QED) is 0.917. The summed E-state index contributed by atoms with van der Waals surface area (Å²) in [7, 11) is 0. The van der Waals surface area contributed by atoms with Crippen LogP contribution in [0, 0.1) is 0 Å². The molecule has 1 unspecified atom stereocenters. The number of likely N-dealkylation sites (tertiary alicyclic amines) is 1. The van der Waals surface area contributed by atoms with Crippen LogP contribution in [0.3, 0.4) is 0 Å². The van der Waals surface area contributed by atoms with Gasteiger partial charge in [0.2, 0.25) is 0 Å². The highest BCUT2D eigenvalue weighted by Gasteiger charge is 2.24. The third-order valence-corrected chi connectivity index (χ3v) is 4.75. The average molecular weight is 274 g/mol. The van der Waals surface area contributed by atoms with Crippen molar-refractivity contribution in [3.63, 3.8) is 0 Å². The van der Waals surface area contributed by atoms with Crippen LogP contribution in [-0.2, 0) is 4.74 Å². The summed E-state index contributed by atoms with van der Waals surface area (Å²) in [5.74, 6) is 0.733. The van der Waals surface area contributed by atoms with Crippen LogP contribution >= 0.6 is 0 Å². The lowest BCUT2D eigenvalue weighted by Crippen LogP contribution is -2.31. The highest BCUT2D eigenvalue weighted by atomic mass is 16.5. The second-order valence-electron chi connectivity index (χ2n) is 6.31. The molecular formula is C17H26N2O. The fourth-order valence-electron chi connectivity index (χ4n) is 3.48. The van der Waals surface area contributed by atoms with Gasteiger partial charge in [-0.1, -0.05) is 30.3 Å². The van der Waals surface area contributed by atoms with Crippen LogP contribution in [0.15, 0.2) is 30.3 Å². The summed E-state index contributed by atoms with van der Waals surface area (Å²) in [6.07, 6.45) is 6.47. The minimum absolute atomic E-state index is 0.354. The number of hydrogen-bond donors (Lipinski definition) is 1. The van der Waals surface area contributed by atoms with Gasteiger partial charge >= 0.3 is 0 Å². The lowest BCUT2D eigenvalue weighted by Gasteiger charge is -2.30. The highest BCUT2D eigenvalue weighted by Crippen LogP contribution is 2.33. The van der Waals surface area contributed by atoms with Gasteiger partial charge in [0, 0.05) is 19.1 Å². The zero-order valence-corrected chi connectivity index (χ0v) is 12.2. The van der Waals surface area contributed by atoms with Gasteiger partial charge in [0.15, 0.2) is 0 Å². The van der Waals surface area contributed by atoms with E-state index in [0.717, 1.165) is 32.2 Å². The van der Waals surface area contributed by atoms with Gasteiger partial charge in [-0.3, -0.25) is 4.90 Å². The number of benzene rings is 1. The van der Waals surface area contributed by atoms with Crippen molar-refractivity contribution >= 4 is 0 Å². The first kappa shape index (κ1) is 14.1. The zero-order chi connectivity index (χ0) is 13.8. The Bertz CT molecular complexity index is 401. The van der Waals surface area contributed by atoms with Crippen LogP contribution in [0.5, 0.6) is 0 Å². The lowest BCUT2D eigenvalue weighted by molar-refractivity contribution is -0.0320. The van der Waals surface area contributed by atoms with E-state index in [4.69, 9.17) is 10.5 Å². The molecule has 0 amide bonds. The topological polar surface area (TPSA) is 38.5 Å². The molecule has 20 heavy (non-hydrogen) atoms. The molecule has 2 fully saturated rings. The molecule has 1 saturated carbocycles. The summed E-state index contributed by atoms with van der Waals surface area (Å²) >= 11 is 0. The molecule has 0 aromatic heterocycles. The molecule has 2 N–H and O–H groups in total. The van der Waals surface area contributed by atoms with Crippen LogP contribution < -0.4 is 5.73 Å². The molecule has 1 aromatic rings. The summed E-state index contributed by atoms with van der Waals surface area (Å²) < 4.78 is 6.07. The minimum atomic E-state index is 0.354. The van der Waals surface area contributed by atoms with Gasteiger partial charge in [0.1, 0.15) is 0 Å². The van der Waals surface area contributed by atoms with Crippen molar-refractivity contribution < 1.29 is 4.74 Å². The third kappa shape index (κ3) is 3.60. The maximum Gasteiger partial charge on any atom is 0.0994 e. The molecule has 2 aliphatic rings. The summed E-state index contributed by atoms with van der Waals surface area (Å²) in [5.41, 5.74) is 7.42. The molecule has 0 radical (unpaired) electrons. The van der Waals surface area contributed by atoms with Crippen LogP contribution in [-0.4, -0.2) is 36.9 Å². The predicted molar refractivity (Wildman–Crippen MR) is 81.6 cm³/mol. The van der Waals surface area contributed by atoms with Gasteiger partial charge in [-0.05, 0) is 43.6 Å². The fourth-order valence-corrected chi connectivity index (χ4v) is 3.48. The van der Waals surface area contributed by atoms with Crippen LogP contribution in [0.2, 0.25) is 0 Å². The molecule has 1 atom stereocenters.